The number of allylic oxidation sites excluding steroid dienone is 2. The van der Waals surface area contributed by atoms with E-state index in [1.54, 1.807) is 0 Å². The van der Waals surface area contributed by atoms with Crippen molar-refractivity contribution >= 4 is 0 Å². The summed E-state index contributed by atoms with van der Waals surface area (Å²) in [5, 5.41) is 0. The summed E-state index contributed by atoms with van der Waals surface area (Å²) in [5.74, 6) is 2.03. The Bertz CT molecular complexity index is 252. The Morgan fingerprint density at radius 3 is 2.64 bits per heavy atom. The van der Waals surface area contributed by atoms with Gasteiger partial charge in [-0.3, -0.25) is 0 Å². The highest BCUT2D eigenvalue weighted by Crippen LogP contribution is 2.08. The quantitative estimate of drug-likeness (QED) is 0.590. The van der Waals surface area contributed by atoms with Gasteiger partial charge in [-0.25, -0.2) is 0 Å². The van der Waals surface area contributed by atoms with E-state index in [0.29, 0.717) is 0 Å². The number of aryl methyl sites for hydroxylation is 1. The van der Waals surface area contributed by atoms with Gasteiger partial charge >= 0.3 is 0 Å². The molecule has 0 bridgehead atoms. The Morgan fingerprint density at radius 1 is 1.45 bits per heavy atom. The van der Waals surface area contributed by atoms with Crippen LogP contribution in [0.15, 0.2) is 28.2 Å². The molecule has 0 unspecified atom stereocenters. The van der Waals surface area contributed by atoms with E-state index in [1.807, 2.05) is 19.1 Å². The molecule has 1 aromatic heterocycles. The molecule has 0 saturated carbocycles. The molecule has 0 aromatic carbocycles. The topological polar surface area (TPSA) is 13.1 Å². The second kappa shape index (κ2) is 3.42. The molecule has 0 saturated heterocycles. The van der Waals surface area contributed by atoms with Gasteiger partial charge in [-0.2, -0.15) is 0 Å². The Balaban J connectivity index is 2.58. The molecular formula is C10H14O. The van der Waals surface area contributed by atoms with Gasteiger partial charge < -0.3 is 4.42 Å². The van der Waals surface area contributed by atoms with Crippen molar-refractivity contribution in [3.8, 4) is 0 Å². The van der Waals surface area contributed by atoms with Crippen molar-refractivity contribution in [2.24, 2.45) is 0 Å². The molecule has 1 rings (SSSR count). The second-order valence-corrected chi connectivity index (χ2v) is 3.00. The summed E-state index contributed by atoms with van der Waals surface area (Å²) in [6.45, 7) is 6.15. The minimum atomic E-state index is 0.913. The monoisotopic (exact) mass is 150 g/mol. The fourth-order valence-electron chi connectivity index (χ4n) is 0.900. The van der Waals surface area contributed by atoms with Gasteiger partial charge in [-0.15, -0.1) is 0 Å². The largest absolute Gasteiger partial charge is 0.466 e. The number of furan rings is 1. The van der Waals surface area contributed by atoms with Gasteiger partial charge in [0.2, 0.25) is 0 Å². The van der Waals surface area contributed by atoms with Gasteiger partial charge in [0.25, 0.3) is 0 Å². The first-order valence-corrected chi connectivity index (χ1v) is 3.87. The van der Waals surface area contributed by atoms with Crippen molar-refractivity contribution in [1.29, 1.82) is 0 Å². The average molecular weight is 150 g/mol. The van der Waals surface area contributed by atoms with E-state index in [2.05, 4.69) is 19.9 Å². The van der Waals surface area contributed by atoms with Crippen molar-refractivity contribution in [1.82, 2.24) is 0 Å². The molecule has 0 atom stereocenters. The van der Waals surface area contributed by atoms with E-state index in [4.69, 9.17) is 4.42 Å². The zero-order valence-corrected chi connectivity index (χ0v) is 7.35. The maximum absolute atomic E-state index is 5.39. The fraction of sp³-hybridized carbons (Fsp3) is 0.400. The molecule has 1 heterocycles. The lowest BCUT2D eigenvalue weighted by Crippen LogP contribution is -1.75. The third-order valence-electron chi connectivity index (χ3n) is 1.51. The molecule has 0 fully saturated rings. The molecule has 0 spiro atoms. The number of hydrogen-bond acceptors (Lipinski definition) is 1. The van der Waals surface area contributed by atoms with E-state index in [0.717, 1.165) is 17.9 Å². The van der Waals surface area contributed by atoms with Crippen molar-refractivity contribution in [3.63, 3.8) is 0 Å². The van der Waals surface area contributed by atoms with Crippen LogP contribution in [0.5, 0.6) is 0 Å². The minimum Gasteiger partial charge on any atom is -0.466 e. The highest BCUT2D eigenvalue weighted by Gasteiger charge is 1.94. The van der Waals surface area contributed by atoms with Gasteiger partial charge in [0.1, 0.15) is 11.5 Å². The Morgan fingerprint density at radius 2 is 2.18 bits per heavy atom. The molecule has 1 aromatic rings. The van der Waals surface area contributed by atoms with Crippen LogP contribution in [0, 0.1) is 6.92 Å². The molecule has 0 radical (unpaired) electrons. The lowest BCUT2D eigenvalue weighted by molar-refractivity contribution is 0.494. The zero-order chi connectivity index (χ0) is 8.27. The van der Waals surface area contributed by atoms with Crippen LogP contribution < -0.4 is 0 Å². The summed E-state index contributed by atoms with van der Waals surface area (Å²) in [4.78, 5) is 0. The van der Waals surface area contributed by atoms with Gasteiger partial charge in [0, 0.05) is 6.42 Å². The summed E-state index contributed by atoms with van der Waals surface area (Å²) in [5.41, 5.74) is 1.33. The molecule has 1 heteroatoms. The van der Waals surface area contributed by atoms with Crippen LogP contribution in [0.4, 0.5) is 0 Å². The highest BCUT2D eigenvalue weighted by molar-refractivity contribution is 5.10. The molecule has 0 aliphatic carbocycles. The van der Waals surface area contributed by atoms with Gasteiger partial charge in [0.15, 0.2) is 0 Å². The fourth-order valence-corrected chi connectivity index (χ4v) is 0.900. The smallest absolute Gasteiger partial charge is 0.107 e. The Labute approximate surface area is 67.7 Å². The first-order chi connectivity index (χ1) is 5.18. The summed E-state index contributed by atoms with van der Waals surface area (Å²) >= 11 is 0. The summed E-state index contributed by atoms with van der Waals surface area (Å²) in [7, 11) is 0. The lowest BCUT2D eigenvalue weighted by Gasteiger charge is -1.89. The van der Waals surface area contributed by atoms with Crippen LogP contribution in [-0.2, 0) is 6.42 Å². The van der Waals surface area contributed by atoms with Crippen LogP contribution in [0.2, 0.25) is 0 Å². The van der Waals surface area contributed by atoms with Crippen molar-refractivity contribution < 1.29 is 4.42 Å². The minimum absolute atomic E-state index is 0.913. The molecule has 0 N–H and O–H groups in total. The maximum atomic E-state index is 5.39. The zero-order valence-electron chi connectivity index (χ0n) is 7.35. The molecule has 11 heavy (non-hydrogen) atoms. The first-order valence-electron chi connectivity index (χ1n) is 3.87. The SMILES string of the molecule is CC(C)=CCc1ccc(C)o1. The first kappa shape index (κ1) is 8.12. The number of rotatable bonds is 2. The summed E-state index contributed by atoms with van der Waals surface area (Å²) < 4.78 is 5.39. The Hall–Kier alpha value is -0.980. The van der Waals surface area contributed by atoms with E-state index >= 15 is 0 Å². The maximum Gasteiger partial charge on any atom is 0.107 e. The van der Waals surface area contributed by atoms with Gasteiger partial charge in [-0.05, 0) is 32.9 Å². The molecule has 1 nitrogen and oxygen atoms in total. The van der Waals surface area contributed by atoms with Gasteiger partial charge in [-0.1, -0.05) is 11.6 Å². The molecule has 0 aliphatic heterocycles. The van der Waals surface area contributed by atoms with Crippen molar-refractivity contribution in [2.75, 3.05) is 0 Å². The normalized spacial score (nSPS) is 9.73. The standard InChI is InChI=1S/C10H14O/c1-8(2)4-6-10-7-5-9(3)11-10/h4-5,7H,6H2,1-3H3. The molecule has 60 valence electrons. The van der Waals surface area contributed by atoms with E-state index in [-0.39, 0.29) is 0 Å². The lowest BCUT2D eigenvalue weighted by atomic mass is 10.2. The third-order valence-corrected chi connectivity index (χ3v) is 1.51. The molecular weight excluding hydrogens is 136 g/mol. The molecule has 0 amide bonds. The summed E-state index contributed by atoms with van der Waals surface area (Å²) in [6, 6.07) is 4.02. The van der Waals surface area contributed by atoms with Crippen LogP contribution >= 0.6 is 0 Å². The predicted octanol–water partition coefficient (Wildman–Crippen LogP) is 3.10. The van der Waals surface area contributed by atoms with Crippen LogP contribution in [-0.4, -0.2) is 0 Å². The number of hydrogen-bond donors (Lipinski definition) is 0. The van der Waals surface area contributed by atoms with Crippen LogP contribution in [0.25, 0.3) is 0 Å². The van der Waals surface area contributed by atoms with E-state index < -0.39 is 0 Å². The molecule has 0 aliphatic rings. The highest BCUT2D eigenvalue weighted by atomic mass is 16.3. The van der Waals surface area contributed by atoms with E-state index in [1.165, 1.54) is 5.57 Å². The Kier molecular flexibility index (Phi) is 2.53. The summed E-state index contributed by atoms with van der Waals surface area (Å²) in [6.07, 6.45) is 3.08. The van der Waals surface area contributed by atoms with E-state index in [9.17, 15) is 0 Å². The second-order valence-electron chi connectivity index (χ2n) is 3.00. The van der Waals surface area contributed by atoms with Crippen molar-refractivity contribution in [2.45, 2.75) is 27.2 Å². The third kappa shape index (κ3) is 2.62. The van der Waals surface area contributed by atoms with Crippen LogP contribution in [0.1, 0.15) is 25.4 Å². The van der Waals surface area contributed by atoms with Gasteiger partial charge in [0.05, 0.1) is 0 Å². The van der Waals surface area contributed by atoms with Crippen LogP contribution in [0.3, 0.4) is 0 Å². The predicted molar refractivity (Wildman–Crippen MR) is 46.6 cm³/mol. The van der Waals surface area contributed by atoms with Crippen molar-refractivity contribution in [3.05, 3.63) is 35.3 Å². The average Bonchev–Trinajstić information content (AvgIpc) is 2.31.